The first-order valence-electron chi connectivity index (χ1n) is 8.90. The van der Waals surface area contributed by atoms with E-state index in [4.69, 9.17) is 14.2 Å². The van der Waals surface area contributed by atoms with Gasteiger partial charge in [-0.2, -0.15) is 0 Å². The van der Waals surface area contributed by atoms with Gasteiger partial charge in [-0.15, -0.1) is 0 Å². The Bertz CT molecular complexity index is 894. The van der Waals surface area contributed by atoms with Gasteiger partial charge in [0, 0.05) is 12.6 Å². The van der Waals surface area contributed by atoms with Crippen LogP contribution in [0.25, 0.3) is 6.08 Å². The highest BCUT2D eigenvalue weighted by molar-refractivity contribution is 5.98. The molecule has 2 aromatic carbocycles. The van der Waals surface area contributed by atoms with Crippen molar-refractivity contribution in [1.29, 1.82) is 0 Å². The van der Waals surface area contributed by atoms with Gasteiger partial charge < -0.3 is 24.4 Å². The predicted octanol–water partition coefficient (Wildman–Crippen LogP) is 2.92. The Morgan fingerprint density at radius 2 is 1.96 bits per heavy atom. The molecule has 1 N–H and O–H groups in total. The van der Waals surface area contributed by atoms with Crippen LogP contribution in [-0.2, 0) is 9.59 Å². The summed E-state index contributed by atoms with van der Waals surface area (Å²) in [5.74, 6) is 1.35. The van der Waals surface area contributed by atoms with E-state index in [-0.39, 0.29) is 25.2 Å². The molecule has 0 fully saturated rings. The van der Waals surface area contributed by atoms with Gasteiger partial charge in [0.05, 0.1) is 12.8 Å². The molecule has 2 amide bonds. The van der Waals surface area contributed by atoms with Crippen LogP contribution in [0.4, 0.5) is 5.69 Å². The second kappa shape index (κ2) is 8.94. The zero-order valence-corrected chi connectivity index (χ0v) is 15.8. The van der Waals surface area contributed by atoms with E-state index in [2.05, 4.69) is 5.32 Å². The van der Waals surface area contributed by atoms with Gasteiger partial charge in [0.1, 0.15) is 12.3 Å². The number of methoxy groups -OCH3 is 1. The number of ether oxygens (including phenoxy) is 3. The van der Waals surface area contributed by atoms with Crippen LogP contribution in [0.15, 0.2) is 48.5 Å². The van der Waals surface area contributed by atoms with Crippen molar-refractivity contribution in [2.24, 2.45) is 0 Å². The number of nitrogens with one attached hydrogen (secondary N) is 1. The fourth-order valence-corrected chi connectivity index (χ4v) is 2.75. The average Bonchev–Trinajstić information content (AvgIpc) is 3.18. The minimum Gasteiger partial charge on any atom is -0.495 e. The quantitative estimate of drug-likeness (QED) is 0.745. The van der Waals surface area contributed by atoms with Crippen molar-refractivity contribution in [2.45, 2.75) is 6.92 Å². The number of carbonyl (C=O) groups excluding carboxylic acids is 2. The van der Waals surface area contributed by atoms with Crippen LogP contribution in [0.3, 0.4) is 0 Å². The van der Waals surface area contributed by atoms with Gasteiger partial charge in [0.2, 0.25) is 18.6 Å². The Kier molecular flexibility index (Phi) is 6.16. The van der Waals surface area contributed by atoms with Crippen molar-refractivity contribution in [2.75, 3.05) is 32.3 Å². The first kappa shape index (κ1) is 19.3. The van der Waals surface area contributed by atoms with E-state index in [1.165, 1.54) is 18.1 Å². The molecule has 0 bridgehead atoms. The summed E-state index contributed by atoms with van der Waals surface area (Å²) >= 11 is 0. The summed E-state index contributed by atoms with van der Waals surface area (Å²) in [7, 11) is 1.54. The van der Waals surface area contributed by atoms with Crippen LogP contribution in [0.5, 0.6) is 17.2 Å². The van der Waals surface area contributed by atoms with E-state index in [0.29, 0.717) is 29.5 Å². The summed E-state index contributed by atoms with van der Waals surface area (Å²) in [4.78, 5) is 26.3. The Morgan fingerprint density at radius 1 is 1.18 bits per heavy atom. The van der Waals surface area contributed by atoms with Crippen LogP contribution in [-0.4, -0.2) is 43.7 Å². The molecule has 1 aliphatic heterocycles. The van der Waals surface area contributed by atoms with Gasteiger partial charge >= 0.3 is 0 Å². The van der Waals surface area contributed by atoms with E-state index in [1.54, 1.807) is 36.4 Å². The number of rotatable bonds is 7. The van der Waals surface area contributed by atoms with Crippen molar-refractivity contribution in [1.82, 2.24) is 4.90 Å². The van der Waals surface area contributed by atoms with E-state index in [0.717, 1.165) is 5.56 Å². The van der Waals surface area contributed by atoms with Crippen molar-refractivity contribution in [3.63, 3.8) is 0 Å². The molecule has 146 valence electrons. The zero-order chi connectivity index (χ0) is 19.9. The Balaban J connectivity index is 1.60. The summed E-state index contributed by atoms with van der Waals surface area (Å²) in [5, 5.41) is 2.77. The summed E-state index contributed by atoms with van der Waals surface area (Å²) in [6.07, 6.45) is 3.13. The lowest BCUT2D eigenvalue weighted by molar-refractivity contribution is -0.130. The van der Waals surface area contributed by atoms with E-state index in [9.17, 15) is 9.59 Å². The molecule has 0 aliphatic carbocycles. The molecule has 0 saturated carbocycles. The topological polar surface area (TPSA) is 77.1 Å². The fourth-order valence-electron chi connectivity index (χ4n) is 2.75. The van der Waals surface area contributed by atoms with E-state index in [1.807, 2.05) is 19.1 Å². The molecule has 3 rings (SSSR count). The van der Waals surface area contributed by atoms with Gasteiger partial charge in [0.15, 0.2) is 11.5 Å². The standard InChI is InChI=1S/C21H22N2O5/c1-3-23(13-20(24)22-16-6-4-5-7-17(16)26-2)21(25)11-9-15-8-10-18-19(12-15)28-14-27-18/h4-12H,3,13-14H2,1-2H3,(H,22,24)/b11-9+. The summed E-state index contributed by atoms with van der Waals surface area (Å²) in [5.41, 5.74) is 1.38. The number of anilines is 1. The molecule has 0 atom stereocenters. The number of fused-ring (bicyclic) bond motifs is 1. The Morgan fingerprint density at radius 3 is 2.75 bits per heavy atom. The fraction of sp³-hybridized carbons (Fsp3) is 0.238. The molecule has 0 radical (unpaired) electrons. The lowest BCUT2D eigenvalue weighted by atomic mass is 10.2. The summed E-state index contributed by atoms with van der Waals surface area (Å²) in [6.45, 7) is 2.37. The van der Waals surface area contributed by atoms with Crippen LogP contribution >= 0.6 is 0 Å². The molecular weight excluding hydrogens is 360 g/mol. The number of likely N-dealkylation sites (N-methyl/N-ethyl adjacent to an activating group) is 1. The van der Waals surface area contributed by atoms with Crippen molar-refractivity contribution < 1.29 is 23.8 Å². The van der Waals surface area contributed by atoms with Gasteiger partial charge in [0.25, 0.3) is 0 Å². The molecule has 7 nitrogen and oxygen atoms in total. The van der Waals surface area contributed by atoms with Crippen molar-refractivity contribution in [3.05, 3.63) is 54.1 Å². The molecule has 0 aromatic heterocycles. The third kappa shape index (κ3) is 4.62. The molecule has 1 heterocycles. The number of hydrogen-bond donors (Lipinski definition) is 1. The minimum atomic E-state index is -0.295. The van der Waals surface area contributed by atoms with Crippen molar-refractivity contribution >= 4 is 23.6 Å². The molecule has 0 unspecified atom stereocenters. The minimum absolute atomic E-state index is 0.0567. The maximum Gasteiger partial charge on any atom is 0.247 e. The maximum absolute atomic E-state index is 12.5. The third-order valence-corrected chi connectivity index (χ3v) is 4.22. The SMILES string of the molecule is CCN(CC(=O)Nc1ccccc1OC)C(=O)/C=C/c1ccc2c(c1)OCO2. The lowest BCUT2D eigenvalue weighted by Gasteiger charge is -2.19. The molecule has 2 aromatic rings. The molecule has 0 spiro atoms. The average molecular weight is 382 g/mol. The molecule has 28 heavy (non-hydrogen) atoms. The molecule has 1 aliphatic rings. The van der Waals surface area contributed by atoms with Gasteiger partial charge in [-0.25, -0.2) is 0 Å². The Labute approximate surface area is 163 Å². The van der Waals surface area contributed by atoms with Crippen LogP contribution in [0, 0.1) is 0 Å². The third-order valence-electron chi connectivity index (χ3n) is 4.22. The number of nitrogens with zero attached hydrogens (tertiary/aromatic N) is 1. The number of benzene rings is 2. The van der Waals surface area contributed by atoms with Crippen LogP contribution in [0.1, 0.15) is 12.5 Å². The first-order chi connectivity index (χ1) is 13.6. The molecule has 7 heteroatoms. The van der Waals surface area contributed by atoms with Crippen molar-refractivity contribution in [3.8, 4) is 17.2 Å². The first-order valence-corrected chi connectivity index (χ1v) is 8.90. The normalized spacial score (nSPS) is 12.1. The molecule has 0 saturated heterocycles. The smallest absolute Gasteiger partial charge is 0.247 e. The number of amides is 2. The predicted molar refractivity (Wildman–Crippen MR) is 105 cm³/mol. The monoisotopic (exact) mass is 382 g/mol. The second-order valence-electron chi connectivity index (χ2n) is 6.05. The van der Waals surface area contributed by atoms with Gasteiger partial charge in [-0.1, -0.05) is 18.2 Å². The lowest BCUT2D eigenvalue weighted by Crippen LogP contribution is -2.36. The highest BCUT2D eigenvalue weighted by Crippen LogP contribution is 2.32. The Hall–Kier alpha value is -3.48. The summed E-state index contributed by atoms with van der Waals surface area (Å²) < 4.78 is 15.8. The van der Waals surface area contributed by atoms with Gasteiger partial charge in [-0.05, 0) is 42.8 Å². The maximum atomic E-state index is 12.5. The zero-order valence-electron chi connectivity index (χ0n) is 15.8. The molecular formula is C21H22N2O5. The highest BCUT2D eigenvalue weighted by atomic mass is 16.7. The van der Waals surface area contributed by atoms with Crippen LogP contribution < -0.4 is 19.5 Å². The largest absolute Gasteiger partial charge is 0.495 e. The van der Waals surface area contributed by atoms with E-state index >= 15 is 0 Å². The van der Waals surface area contributed by atoms with E-state index < -0.39 is 0 Å². The number of carbonyl (C=O) groups is 2. The van der Waals surface area contributed by atoms with Gasteiger partial charge in [-0.3, -0.25) is 9.59 Å². The second-order valence-corrected chi connectivity index (χ2v) is 6.05. The number of para-hydroxylation sites is 2. The van der Waals surface area contributed by atoms with Crippen LogP contribution in [0.2, 0.25) is 0 Å². The number of hydrogen-bond acceptors (Lipinski definition) is 5. The summed E-state index contributed by atoms with van der Waals surface area (Å²) in [6, 6.07) is 12.6. The highest BCUT2D eigenvalue weighted by Gasteiger charge is 2.15.